The number of thiophene rings is 1. The number of anilines is 1. The molecule has 0 fully saturated rings. The zero-order chi connectivity index (χ0) is 21.6. The average molecular weight is 440 g/mol. The second-order valence-electron chi connectivity index (χ2n) is 7.14. The number of hydrogen-bond donors (Lipinski definition) is 0. The van der Waals surface area contributed by atoms with Gasteiger partial charge in [0.25, 0.3) is 5.91 Å². The minimum absolute atomic E-state index is 0.118. The monoisotopic (exact) mass is 439 g/mol. The summed E-state index contributed by atoms with van der Waals surface area (Å²) in [5.41, 5.74) is 1.70. The lowest BCUT2D eigenvalue weighted by atomic mass is 10.2. The van der Waals surface area contributed by atoms with Crippen LogP contribution in [0.5, 0.6) is 17.2 Å². The number of hydrogen-bond acceptors (Lipinski definition) is 6. The second-order valence-corrected chi connectivity index (χ2v) is 8.17. The van der Waals surface area contributed by atoms with E-state index < -0.39 is 6.10 Å². The summed E-state index contributed by atoms with van der Waals surface area (Å²) in [5, 5.41) is 2.00. The molecule has 1 aliphatic heterocycles. The fourth-order valence-corrected chi connectivity index (χ4v) is 4.02. The van der Waals surface area contributed by atoms with Crippen LogP contribution in [0, 0.1) is 0 Å². The number of ether oxygens (including phenoxy) is 4. The maximum atomic E-state index is 13.4. The Morgan fingerprint density at radius 3 is 2.71 bits per heavy atom. The SMILES string of the molecule is COc1cccc(COC(C)C(=O)N(Cc2cccs2)c2ccc3c(c2)OCCO3)c1. The number of carbonyl (C=O) groups is 1. The van der Waals surface area contributed by atoms with E-state index in [-0.39, 0.29) is 5.91 Å². The standard InChI is InChI=1S/C24H25NO5S/c1-17(30-16-18-5-3-6-20(13-18)27-2)24(26)25(15-21-7-4-12-31-21)19-8-9-22-23(14-19)29-11-10-28-22/h3-9,12-14,17H,10-11,15-16H2,1-2H3. The highest BCUT2D eigenvalue weighted by atomic mass is 32.1. The van der Waals surface area contributed by atoms with Crippen LogP contribution in [0.3, 0.4) is 0 Å². The molecule has 3 aromatic rings. The summed E-state index contributed by atoms with van der Waals surface area (Å²) in [6.07, 6.45) is -0.626. The molecule has 1 atom stereocenters. The zero-order valence-corrected chi connectivity index (χ0v) is 18.4. The van der Waals surface area contributed by atoms with Crippen LogP contribution >= 0.6 is 11.3 Å². The molecule has 0 saturated carbocycles. The lowest BCUT2D eigenvalue weighted by molar-refractivity contribution is -0.129. The van der Waals surface area contributed by atoms with E-state index in [1.807, 2.05) is 60.0 Å². The van der Waals surface area contributed by atoms with Gasteiger partial charge < -0.3 is 23.8 Å². The van der Waals surface area contributed by atoms with E-state index in [4.69, 9.17) is 18.9 Å². The van der Waals surface area contributed by atoms with Crippen LogP contribution < -0.4 is 19.1 Å². The van der Waals surface area contributed by atoms with Gasteiger partial charge in [0.15, 0.2) is 11.5 Å². The van der Waals surface area contributed by atoms with Crippen LogP contribution in [0.2, 0.25) is 0 Å². The van der Waals surface area contributed by atoms with Gasteiger partial charge in [0.1, 0.15) is 25.1 Å². The molecule has 2 aromatic carbocycles. The summed E-state index contributed by atoms with van der Waals surface area (Å²) < 4.78 is 22.5. The van der Waals surface area contributed by atoms with Gasteiger partial charge in [-0.05, 0) is 48.2 Å². The highest BCUT2D eigenvalue weighted by molar-refractivity contribution is 7.09. The topological polar surface area (TPSA) is 57.2 Å². The molecule has 0 aliphatic carbocycles. The third-order valence-corrected chi connectivity index (χ3v) is 5.84. The Labute approximate surface area is 185 Å². The maximum Gasteiger partial charge on any atom is 0.256 e. The van der Waals surface area contributed by atoms with Crippen LogP contribution in [0.1, 0.15) is 17.4 Å². The predicted molar refractivity (Wildman–Crippen MR) is 120 cm³/mol. The summed E-state index contributed by atoms with van der Waals surface area (Å²) in [4.78, 5) is 16.2. The lowest BCUT2D eigenvalue weighted by Crippen LogP contribution is -2.38. The Bertz CT molecular complexity index is 1020. The Morgan fingerprint density at radius 1 is 1.10 bits per heavy atom. The van der Waals surface area contributed by atoms with Crippen molar-refractivity contribution in [2.75, 3.05) is 25.2 Å². The Hall–Kier alpha value is -3.03. The van der Waals surface area contributed by atoms with Crippen LogP contribution in [-0.4, -0.2) is 32.3 Å². The van der Waals surface area contributed by atoms with E-state index in [0.717, 1.165) is 21.9 Å². The quantitative estimate of drug-likeness (QED) is 0.511. The molecule has 0 spiro atoms. The molecule has 0 radical (unpaired) electrons. The molecule has 1 aliphatic rings. The van der Waals surface area contributed by atoms with Crippen molar-refractivity contribution in [3.8, 4) is 17.2 Å². The molecular formula is C24H25NO5S. The number of fused-ring (bicyclic) bond motifs is 1. The molecule has 0 bridgehead atoms. The van der Waals surface area contributed by atoms with E-state index in [1.54, 1.807) is 30.3 Å². The normalized spacial score (nSPS) is 13.5. The first kappa shape index (κ1) is 21.2. The molecule has 0 N–H and O–H groups in total. The van der Waals surface area contributed by atoms with E-state index in [0.29, 0.717) is 37.9 Å². The molecule has 0 saturated heterocycles. The Kier molecular flexibility index (Phi) is 6.74. The van der Waals surface area contributed by atoms with Crippen molar-refractivity contribution < 1.29 is 23.7 Å². The van der Waals surface area contributed by atoms with E-state index >= 15 is 0 Å². The van der Waals surface area contributed by atoms with Crippen molar-refractivity contribution in [3.05, 3.63) is 70.4 Å². The van der Waals surface area contributed by atoms with Gasteiger partial charge in [-0.25, -0.2) is 0 Å². The molecule has 1 amide bonds. The van der Waals surface area contributed by atoms with Crippen LogP contribution in [-0.2, 0) is 22.7 Å². The molecule has 6 nitrogen and oxygen atoms in total. The highest BCUT2D eigenvalue weighted by Crippen LogP contribution is 2.35. The van der Waals surface area contributed by atoms with Gasteiger partial charge in [0, 0.05) is 16.6 Å². The van der Waals surface area contributed by atoms with Crippen LogP contribution in [0.15, 0.2) is 60.0 Å². The van der Waals surface area contributed by atoms with Crippen molar-refractivity contribution in [2.45, 2.75) is 26.2 Å². The minimum atomic E-state index is -0.626. The summed E-state index contributed by atoms with van der Waals surface area (Å²) in [6, 6.07) is 17.2. The molecule has 1 unspecified atom stereocenters. The van der Waals surface area contributed by atoms with Gasteiger partial charge in [-0.1, -0.05) is 18.2 Å². The zero-order valence-electron chi connectivity index (χ0n) is 17.6. The van der Waals surface area contributed by atoms with Gasteiger partial charge in [-0.15, -0.1) is 11.3 Å². The van der Waals surface area contributed by atoms with Gasteiger partial charge in [0.05, 0.1) is 20.3 Å². The first-order chi connectivity index (χ1) is 15.1. The number of carbonyl (C=O) groups excluding carboxylic acids is 1. The van der Waals surface area contributed by atoms with Crippen molar-refractivity contribution in [2.24, 2.45) is 0 Å². The second kappa shape index (κ2) is 9.85. The van der Waals surface area contributed by atoms with Gasteiger partial charge in [0.2, 0.25) is 0 Å². The Balaban J connectivity index is 1.52. The number of amides is 1. The fourth-order valence-electron chi connectivity index (χ4n) is 3.33. The molecule has 7 heteroatoms. The van der Waals surface area contributed by atoms with Crippen LogP contribution in [0.25, 0.3) is 0 Å². The lowest BCUT2D eigenvalue weighted by Gasteiger charge is -2.27. The minimum Gasteiger partial charge on any atom is -0.497 e. The van der Waals surface area contributed by atoms with Crippen molar-refractivity contribution >= 4 is 22.9 Å². The summed E-state index contributed by atoms with van der Waals surface area (Å²) in [6.45, 7) is 3.58. The van der Waals surface area contributed by atoms with Crippen molar-refractivity contribution in [3.63, 3.8) is 0 Å². The average Bonchev–Trinajstić information content (AvgIpc) is 3.33. The molecule has 2 heterocycles. The van der Waals surface area contributed by atoms with Crippen LogP contribution in [0.4, 0.5) is 5.69 Å². The number of benzene rings is 2. The van der Waals surface area contributed by atoms with Crippen molar-refractivity contribution in [1.29, 1.82) is 0 Å². The predicted octanol–water partition coefficient (Wildman–Crippen LogP) is 4.67. The van der Waals surface area contributed by atoms with Gasteiger partial charge in [-0.3, -0.25) is 4.79 Å². The third-order valence-electron chi connectivity index (χ3n) is 4.98. The summed E-state index contributed by atoms with van der Waals surface area (Å²) in [7, 11) is 1.63. The molecule has 1 aromatic heterocycles. The molecule has 4 rings (SSSR count). The first-order valence-corrected chi connectivity index (χ1v) is 11.0. The number of rotatable bonds is 8. The maximum absolute atomic E-state index is 13.4. The Morgan fingerprint density at radius 2 is 1.94 bits per heavy atom. The number of methoxy groups -OCH3 is 1. The first-order valence-electron chi connectivity index (χ1n) is 10.1. The van der Waals surface area contributed by atoms with E-state index in [9.17, 15) is 4.79 Å². The molecule has 162 valence electrons. The number of nitrogens with zero attached hydrogens (tertiary/aromatic N) is 1. The fraction of sp³-hybridized carbons (Fsp3) is 0.292. The third kappa shape index (κ3) is 5.18. The smallest absolute Gasteiger partial charge is 0.256 e. The summed E-state index contributed by atoms with van der Waals surface area (Å²) >= 11 is 1.61. The van der Waals surface area contributed by atoms with Gasteiger partial charge >= 0.3 is 0 Å². The van der Waals surface area contributed by atoms with E-state index in [1.165, 1.54) is 0 Å². The summed E-state index contributed by atoms with van der Waals surface area (Å²) in [5.74, 6) is 1.99. The van der Waals surface area contributed by atoms with Crippen molar-refractivity contribution in [1.82, 2.24) is 0 Å². The molecule has 31 heavy (non-hydrogen) atoms. The van der Waals surface area contributed by atoms with Gasteiger partial charge in [-0.2, -0.15) is 0 Å². The largest absolute Gasteiger partial charge is 0.497 e. The molecular weight excluding hydrogens is 414 g/mol. The highest BCUT2D eigenvalue weighted by Gasteiger charge is 2.25. The van der Waals surface area contributed by atoms with E-state index in [2.05, 4.69) is 0 Å².